The van der Waals surface area contributed by atoms with Crippen LogP contribution in [0.1, 0.15) is 61.2 Å². The summed E-state index contributed by atoms with van der Waals surface area (Å²) in [5.41, 5.74) is 2.12. The van der Waals surface area contributed by atoms with E-state index in [1.54, 1.807) is 37.8 Å². The van der Waals surface area contributed by atoms with Crippen LogP contribution < -0.4 is 19.8 Å². The summed E-state index contributed by atoms with van der Waals surface area (Å²) in [6.07, 6.45) is 2.21. The van der Waals surface area contributed by atoms with Crippen LogP contribution in [-0.4, -0.2) is 31.4 Å². The fourth-order valence-corrected chi connectivity index (χ4v) is 3.89. The molecule has 0 amide bonds. The summed E-state index contributed by atoms with van der Waals surface area (Å²) in [4.78, 5) is 25.7. The van der Waals surface area contributed by atoms with Crippen LogP contribution in [0.4, 0.5) is 0 Å². The van der Waals surface area contributed by atoms with E-state index < -0.39 is 5.97 Å². The smallest absolute Gasteiger partial charge is 0.343 e. The third-order valence-corrected chi connectivity index (χ3v) is 5.40. The van der Waals surface area contributed by atoms with Crippen LogP contribution in [0.3, 0.4) is 0 Å². The summed E-state index contributed by atoms with van der Waals surface area (Å²) in [6.45, 7) is 3.95. The van der Waals surface area contributed by atoms with Gasteiger partial charge in [-0.25, -0.2) is 4.79 Å². The lowest BCUT2D eigenvalue weighted by molar-refractivity contribution is 0.0523. The van der Waals surface area contributed by atoms with Crippen molar-refractivity contribution in [1.82, 2.24) is 4.57 Å². The number of hydrogen-bond acceptors (Lipinski definition) is 6. The molecule has 0 N–H and O–H groups in total. The summed E-state index contributed by atoms with van der Waals surface area (Å²) in [5.74, 6) is 1.16. The molecule has 1 unspecified atom stereocenters. The molecule has 0 radical (unpaired) electrons. The van der Waals surface area contributed by atoms with Crippen molar-refractivity contribution in [3.05, 3.63) is 39.7 Å². The second-order valence-electron chi connectivity index (χ2n) is 7.21. The Labute approximate surface area is 169 Å². The standard InChI is InChI=1S/C22H25NO6/c1-5-16-13-9-15(22(25)28-6-2)21(24)23(12-7-8-12)20(13)14-10-18(26-3)19(27-4)11-17(14)29-16/h9-12,16H,5-8H2,1-4H3. The number of carbonyl (C=O) groups is 1. The summed E-state index contributed by atoms with van der Waals surface area (Å²) < 4.78 is 24.0. The molecule has 0 spiro atoms. The lowest BCUT2D eigenvalue weighted by Crippen LogP contribution is -2.31. The maximum Gasteiger partial charge on any atom is 0.343 e. The predicted molar refractivity (Wildman–Crippen MR) is 107 cm³/mol. The SMILES string of the molecule is CCOC(=O)c1cc2c(n(C3CC3)c1=O)-c1cc(OC)c(OC)cc1OC2CC. The van der Waals surface area contributed by atoms with Crippen LogP contribution >= 0.6 is 0 Å². The summed E-state index contributed by atoms with van der Waals surface area (Å²) >= 11 is 0. The molecule has 2 aromatic rings. The number of ether oxygens (including phenoxy) is 4. The fourth-order valence-electron chi connectivity index (χ4n) is 3.89. The van der Waals surface area contributed by atoms with Gasteiger partial charge in [-0.1, -0.05) is 6.92 Å². The number of esters is 1. The molecule has 1 saturated carbocycles. The Morgan fingerprint density at radius 2 is 1.83 bits per heavy atom. The monoisotopic (exact) mass is 399 g/mol. The van der Waals surface area contributed by atoms with Crippen molar-refractivity contribution >= 4 is 5.97 Å². The molecule has 0 saturated heterocycles. The molecule has 7 heteroatoms. The number of methoxy groups -OCH3 is 2. The molecule has 1 atom stereocenters. The van der Waals surface area contributed by atoms with Crippen LogP contribution in [-0.2, 0) is 4.74 Å². The van der Waals surface area contributed by atoms with E-state index >= 15 is 0 Å². The van der Waals surface area contributed by atoms with Gasteiger partial charge in [-0.05, 0) is 38.3 Å². The van der Waals surface area contributed by atoms with E-state index in [1.807, 2.05) is 13.0 Å². The average Bonchev–Trinajstić information content (AvgIpc) is 3.56. The molecule has 4 rings (SSSR count). The van der Waals surface area contributed by atoms with E-state index in [2.05, 4.69) is 0 Å². The average molecular weight is 399 g/mol. The van der Waals surface area contributed by atoms with E-state index in [-0.39, 0.29) is 29.9 Å². The fraction of sp³-hybridized carbons (Fsp3) is 0.455. The highest BCUT2D eigenvalue weighted by Crippen LogP contribution is 2.50. The first-order valence-corrected chi connectivity index (χ1v) is 9.93. The molecule has 1 aromatic heterocycles. The molecule has 1 fully saturated rings. The molecular formula is C22H25NO6. The van der Waals surface area contributed by atoms with Crippen LogP contribution in [0.25, 0.3) is 11.3 Å². The molecular weight excluding hydrogens is 374 g/mol. The minimum Gasteiger partial charge on any atom is -0.493 e. The molecule has 1 aliphatic heterocycles. The summed E-state index contributed by atoms with van der Waals surface area (Å²) in [5, 5.41) is 0. The Morgan fingerprint density at radius 1 is 1.14 bits per heavy atom. The number of fused-ring (bicyclic) bond motifs is 3. The van der Waals surface area contributed by atoms with Crippen molar-refractivity contribution in [2.24, 2.45) is 0 Å². The minimum absolute atomic E-state index is 0.0588. The van der Waals surface area contributed by atoms with Crippen LogP contribution in [0.5, 0.6) is 17.2 Å². The molecule has 154 valence electrons. The first kappa shape index (κ1) is 19.4. The number of aromatic nitrogens is 1. The van der Waals surface area contributed by atoms with Gasteiger partial charge in [0.25, 0.3) is 5.56 Å². The Bertz CT molecular complexity index is 1020. The molecule has 1 aliphatic carbocycles. The summed E-state index contributed by atoms with van der Waals surface area (Å²) in [6, 6.07) is 5.34. The summed E-state index contributed by atoms with van der Waals surface area (Å²) in [7, 11) is 3.14. The van der Waals surface area contributed by atoms with Gasteiger partial charge in [0.2, 0.25) is 0 Å². The van der Waals surface area contributed by atoms with E-state index in [4.69, 9.17) is 18.9 Å². The van der Waals surface area contributed by atoms with Gasteiger partial charge in [0.1, 0.15) is 17.4 Å². The highest BCUT2D eigenvalue weighted by atomic mass is 16.5. The van der Waals surface area contributed by atoms with Crippen LogP contribution in [0.2, 0.25) is 0 Å². The lowest BCUT2D eigenvalue weighted by Gasteiger charge is -2.31. The zero-order valence-corrected chi connectivity index (χ0v) is 17.1. The van der Waals surface area contributed by atoms with Crippen molar-refractivity contribution < 1.29 is 23.7 Å². The third kappa shape index (κ3) is 3.14. The highest BCUT2D eigenvalue weighted by Gasteiger charge is 2.37. The van der Waals surface area contributed by atoms with Gasteiger partial charge >= 0.3 is 5.97 Å². The topological polar surface area (TPSA) is 76.0 Å². The Kier molecular flexibility index (Phi) is 4.98. The maximum absolute atomic E-state index is 13.3. The third-order valence-electron chi connectivity index (χ3n) is 5.40. The Balaban J connectivity index is 2.02. The van der Waals surface area contributed by atoms with Crippen molar-refractivity contribution in [3.63, 3.8) is 0 Å². The van der Waals surface area contributed by atoms with Gasteiger partial charge in [0.15, 0.2) is 11.5 Å². The zero-order chi connectivity index (χ0) is 20.7. The van der Waals surface area contributed by atoms with E-state index in [0.717, 1.165) is 29.7 Å². The predicted octanol–water partition coefficient (Wildman–Crippen LogP) is 3.89. The molecule has 0 bridgehead atoms. The Morgan fingerprint density at radius 3 is 2.41 bits per heavy atom. The largest absolute Gasteiger partial charge is 0.493 e. The number of hydrogen-bond donors (Lipinski definition) is 0. The highest BCUT2D eigenvalue weighted by molar-refractivity contribution is 5.90. The Hall–Kier alpha value is -2.96. The van der Waals surface area contributed by atoms with Gasteiger partial charge in [0, 0.05) is 23.2 Å². The van der Waals surface area contributed by atoms with Gasteiger partial charge < -0.3 is 23.5 Å². The van der Waals surface area contributed by atoms with Gasteiger partial charge in [-0.15, -0.1) is 0 Å². The second kappa shape index (κ2) is 7.46. The number of pyridine rings is 1. The molecule has 2 heterocycles. The first-order chi connectivity index (χ1) is 14.0. The number of carbonyl (C=O) groups excluding carboxylic acids is 1. The van der Waals surface area contributed by atoms with E-state index in [1.165, 1.54) is 0 Å². The number of nitrogens with zero attached hydrogens (tertiary/aromatic N) is 1. The maximum atomic E-state index is 13.3. The van der Waals surface area contributed by atoms with Crippen molar-refractivity contribution in [2.45, 2.75) is 45.3 Å². The molecule has 7 nitrogen and oxygen atoms in total. The minimum atomic E-state index is -0.595. The van der Waals surface area contributed by atoms with E-state index in [9.17, 15) is 9.59 Å². The van der Waals surface area contributed by atoms with Crippen molar-refractivity contribution in [1.29, 1.82) is 0 Å². The van der Waals surface area contributed by atoms with Crippen molar-refractivity contribution in [3.8, 4) is 28.5 Å². The van der Waals surface area contributed by atoms with E-state index in [0.29, 0.717) is 23.7 Å². The molecule has 2 aliphatic rings. The lowest BCUT2D eigenvalue weighted by atomic mass is 9.93. The molecule has 29 heavy (non-hydrogen) atoms. The zero-order valence-electron chi connectivity index (χ0n) is 17.1. The van der Waals surface area contributed by atoms with Crippen LogP contribution in [0.15, 0.2) is 23.0 Å². The first-order valence-electron chi connectivity index (χ1n) is 9.93. The second-order valence-corrected chi connectivity index (χ2v) is 7.21. The van der Waals surface area contributed by atoms with Gasteiger partial charge in [-0.3, -0.25) is 4.79 Å². The van der Waals surface area contributed by atoms with Crippen molar-refractivity contribution in [2.75, 3.05) is 20.8 Å². The van der Waals surface area contributed by atoms with Gasteiger partial charge in [-0.2, -0.15) is 0 Å². The van der Waals surface area contributed by atoms with Crippen LogP contribution in [0, 0.1) is 0 Å². The normalized spacial score (nSPS) is 17.0. The number of benzene rings is 1. The quantitative estimate of drug-likeness (QED) is 0.686. The van der Waals surface area contributed by atoms with Gasteiger partial charge in [0.05, 0.1) is 26.5 Å². The number of rotatable bonds is 6. The molecule has 1 aromatic carbocycles.